The third-order valence-electron chi connectivity index (χ3n) is 3.99. The maximum Gasteiger partial charge on any atom is 0.243 e. The van der Waals surface area contributed by atoms with Crippen LogP contribution in [0.4, 0.5) is 14.5 Å². The van der Waals surface area contributed by atoms with Crippen molar-refractivity contribution in [3.63, 3.8) is 0 Å². The number of benzene rings is 1. The van der Waals surface area contributed by atoms with Crippen molar-refractivity contribution in [1.82, 2.24) is 20.1 Å². The van der Waals surface area contributed by atoms with Gasteiger partial charge in [-0.05, 0) is 30.2 Å². The molecular weight excluding hydrogens is 428 g/mol. The fourth-order valence-electron chi connectivity index (χ4n) is 2.65. The molecule has 2 aromatic heterocycles. The zero-order valence-electron chi connectivity index (χ0n) is 16.9. The number of hydrogen-bond donors (Lipinski definition) is 2. The molecule has 0 radical (unpaired) electrons. The summed E-state index contributed by atoms with van der Waals surface area (Å²) in [7, 11) is 0. The van der Waals surface area contributed by atoms with E-state index in [2.05, 4.69) is 34.7 Å². The average Bonchev–Trinajstić information content (AvgIpc) is 3.37. The van der Waals surface area contributed by atoms with Gasteiger partial charge >= 0.3 is 0 Å². The standard InChI is InChI=1S/C20H21F2N5O3S/c1-12(2)10-27-19(16-4-3-7-30-16)25-26-20(27)31-11-18(29)23-9-17(28)24-13-5-6-14(21)15(22)8-13/h3-8,12H,9-11H2,1-2H3,(H,23,29)(H,24,28). The lowest BCUT2D eigenvalue weighted by Crippen LogP contribution is -2.34. The quantitative estimate of drug-likeness (QED) is 0.486. The van der Waals surface area contributed by atoms with Crippen molar-refractivity contribution in [1.29, 1.82) is 0 Å². The summed E-state index contributed by atoms with van der Waals surface area (Å²) >= 11 is 1.19. The minimum atomic E-state index is -1.07. The molecule has 2 N–H and O–H groups in total. The molecule has 0 unspecified atom stereocenters. The van der Waals surface area contributed by atoms with Gasteiger partial charge in [-0.15, -0.1) is 10.2 Å². The van der Waals surface area contributed by atoms with Gasteiger partial charge in [0.05, 0.1) is 18.6 Å². The zero-order valence-corrected chi connectivity index (χ0v) is 17.7. The number of furan rings is 1. The van der Waals surface area contributed by atoms with Crippen LogP contribution in [0, 0.1) is 17.6 Å². The van der Waals surface area contributed by atoms with E-state index in [-0.39, 0.29) is 23.9 Å². The number of nitrogens with one attached hydrogen (secondary N) is 2. The van der Waals surface area contributed by atoms with Gasteiger partial charge in [-0.25, -0.2) is 8.78 Å². The van der Waals surface area contributed by atoms with Crippen molar-refractivity contribution in [2.45, 2.75) is 25.5 Å². The van der Waals surface area contributed by atoms with Crippen molar-refractivity contribution in [3.05, 3.63) is 48.2 Å². The van der Waals surface area contributed by atoms with E-state index in [4.69, 9.17) is 4.42 Å². The summed E-state index contributed by atoms with van der Waals surface area (Å²) in [5, 5.41) is 13.7. The van der Waals surface area contributed by atoms with E-state index in [1.54, 1.807) is 18.4 Å². The molecule has 0 saturated heterocycles. The number of hydrogen-bond acceptors (Lipinski definition) is 6. The van der Waals surface area contributed by atoms with Gasteiger partial charge in [0.2, 0.25) is 11.8 Å². The van der Waals surface area contributed by atoms with Crippen LogP contribution >= 0.6 is 11.8 Å². The normalized spacial score (nSPS) is 11.0. The Morgan fingerprint density at radius 1 is 1.16 bits per heavy atom. The second-order valence-electron chi connectivity index (χ2n) is 7.03. The highest BCUT2D eigenvalue weighted by Crippen LogP contribution is 2.25. The third kappa shape index (κ3) is 6.14. The molecule has 2 amide bonds. The van der Waals surface area contributed by atoms with Crippen molar-refractivity contribution < 1.29 is 22.8 Å². The number of thioether (sulfide) groups is 1. The summed E-state index contributed by atoms with van der Waals surface area (Å²) in [5.41, 5.74) is 0.0970. The van der Waals surface area contributed by atoms with Crippen LogP contribution in [0.2, 0.25) is 0 Å². The molecule has 0 spiro atoms. The molecule has 11 heteroatoms. The molecule has 0 aliphatic heterocycles. The van der Waals surface area contributed by atoms with Gasteiger partial charge in [0, 0.05) is 18.3 Å². The SMILES string of the molecule is CC(C)Cn1c(SCC(=O)NCC(=O)Nc2ccc(F)c(F)c2)nnc1-c1ccco1. The molecule has 8 nitrogen and oxygen atoms in total. The third-order valence-corrected chi connectivity index (χ3v) is 4.95. The first-order chi connectivity index (χ1) is 14.8. The smallest absolute Gasteiger partial charge is 0.243 e. The number of amides is 2. The molecule has 3 aromatic rings. The molecule has 0 aliphatic rings. The van der Waals surface area contributed by atoms with Crippen LogP contribution in [0.15, 0.2) is 46.2 Å². The Morgan fingerprint density at radius 2 is 1.97 bits per heavy atom. The van der Waals surface area contributed by atoms with Crippen molar-refractivity contribution in [2.75, 3.05) is 17.6 Å². The number of nitrogens with zero attached hydrogens (tertiary/aromatic N) is 3. The Morgan fingerprint density at radius 3 is 2.65 bits per heavy atom. The molecule has 0 aliphatic carbocycles. The fraction of sp³-hybridized carbons (Fsp3) is 0.300. The van der Waals surface area contributed by atoms with Gasteiger partial charge in [-0.1, -0.05) is 25.6 Å². The number of aromatic nitrogens is 3. The molecule has 0 bridgehead atoms. The maximum atomic E-state index is 13.2. The van der Waals surface area contributed by atoms with E-state index >= 15 is 0 Å². The van der Waals surface area contributed by atoms with Gasteiger partial charge in [0.15, 0.2) is 28.4 Å². The fourth-order valence-corrected chi connectivity index (χ4v) is 3.43. The Bertz CT molecular complexity index is 1050. The Kier molecular flexibility index (Phi) is 7.40. The summed E-state index contributed by atoms with van der Waals surface area (Å²) in [5.74, 6) is -1.53. The largest absolute Gasteiger partial charge is 0.461 e. The minimum absolute atomic E-state index is 0.0207. The second kappa shape index (κ2) is 10.2. The highest BCUT2D eigenvalue weighted by Gasteiger charge is 2.18. The lowest BCUT2D eigenvalue weighted by Gasteiger charge is -2.11. The molecule has 164 valence electrons. The van der Waals surface area contributed by atoms with Crippen LogP contribution in [0.3, 0.4) is 0 Å². The molecule has 0 fully saturated rings. The molecule has 1 aromatic carbocycles. The number of rotatable bonds is 9. The summed E-state index contributed by atoms with van der Waals surface area (Å²) in [4.78, 5) is 24.1. The molecule has 0 saturated carbocycles. The topological polar surface area (TPSA) is 102 Å². The van der Waals surface area contributed by atoms with Crippen LogP contribution < -0.4 is 10.6 Å². The Labute approximate surface area is 181 Å². The van der Waals surface area contributed by atoms with Crippen LogP contribution in [0.25, 0.3) is 11.6 Å². The molecule has 3 rings (SSSR count). The van der Waals surface area contributed by atoms with E-state index in [0.29, 0.717) is 29.2 Å². The molecular formula is C20H21F2N5O3S. The maximum absolute atomic E-state index is 13.2. The van der Waals surface area contributed by atoms with Gasteiger partial charge in [-0.3, -0.25) is 14.2 Å². The molecule has 0 atom stereocenters. The van der Waals surface area contributed by atoms with Gasteiger partial charge in [0.25, 0.3) is 0 Å². The summed E-state index contributed by atoms with van der Waals surface area (Å²) in [6.07, 6.45) is 1.55. The molecule has 31 heavy (non-hydrogen) atoms. The number of halogens is 2. The van der Waals surface area contributed by atoms with Crippen LogP contribution in [-0.4, -0.2) is 38.9 Å². The highest BCUT2D eigenvalue weighted by atomic mass is 32.2. The lowest BCUT2D eigenvalue weighted by molar-refractivity contribution is -0.122. The van der Waals surface area contributed by atoms with Crippen molar-refractivity contribution in [2.24, 2.45) is 5.92 Å². The monoisotopic (exact) mass is 449 g/mol. The summed E-state index contributed by atoms with van der Waals surface area (Å²) < 4.78 is 33.4. The zero-order chi connectivity index (χ0) is 22.4. The average molecular weight is 449 g/mol. The molecule has 2 heterocycles. The Hall–Kier alpha value is -3.21. The first-order valence-electron chi connectivity index (χ1n) is 9.45. The number of anilines is 1. The van der Waals surface area contributed by atoms with Gasteiger partial charge in [0.1, 0.15) is 0 Å². The summed E-state index contributed by atoms with van der Waals surface area (Å²) in [6.45, 7) is 4.44. The van der Waals surface area contributed by atoms with Crippen LogP contribution in [-0.2, 0) is 16.1 Å². The van der Waals surface area contributed by atoms with E-state index in [1.165, 1.54) is 17.8 Å². The van der Waals surface area contributed by atoms with Crippen LogP contribution in [0.1, 0.15) is 13.8 Å². The first kappa shape index (κ1) is 22.5. The van der Waals surface area contributed by atoms with E-state index in [0.717, 1.165) is 12.1 Å². The van der Waals surface area contributed by atoms with E-state index in [1.807, 2.05) is 4.57 Å². The van der Waals surface area contributed by atoms with Gasteiger partial charge in [-0.2, -0.15) is 0 Å². The Balaban J connectivity index is 1.53. The lowest BCUT2D eigenvalue weighted by atomic mass is 10.2. The van der Waals surface area contributed by atoms with E-state index in [9.17, 15) is 18.4 Å². The first-order valence-corrected chi connectivity index (χ1v) is 10.4. The van der Waals surface area contributed by atoms with Crippen molar-refractivity contribution in [3.8, 4) is 11.6 Å². The van der Waals surface area contributed by atoms with Crippen molar-refractivity contribution >= 4 is 29.3 Å². The number of carbonyl (C=O) groups is 2. The second-order valence-corrected chi connectivity index (χ2v) is 7.97. The highest BCUT2D eigenvalue weighted by molar-refractivity contribution is 7.99. The predicted molar refractivity (Wildman–Crippen MR) is 111 cm³/mol. The minimum Gasteiger partial charge on any atom is -0.461 e. The van der Waals surface area contributed by atoms with Gasteiger partial charge < -0.3 is 15.1 Å². The summed E-state index contributed by atoms with van der Waals surface area (Å²) in [6, 6.07) is 6.54. The van der Waals surface area contributed by atoms with E-state index < -0.39 is 17.5 Å². The number of carbonyl (C=O) groups excluding carboxylic acids is 2. The van der Waals surface area contributed by atoms with Crippen LogP contribution in [0.5, 0.6) is 0 Å². The predicted octanol–water partition coefficient (Wildman–Crippen LogP) is 3.32.